The lowest BCUT2D eigenvalue weighted by atomic mass is 10.2. The Hall–Kier alpha value is -2.38. The van der Waals surface area contributed by atoms with E-state index in [2.05, 4.69) is 10.6 Å². The zero-order valence-electron chi connectivity index (χ0n) is 10.4. The summed E-state index contributed by atoms with van der Waals surface area (Å²) in [7, 11) is 0. The Labute approximate surface area is 129 Å². The highest BCUT2D eigenvalue weighted by atomic mass is 35.5. The predicted octanol–water partition coefficient (Wildman–Crippen LogP) is 1.42. The molecule has 1 aromatic heterocycles. The van der Waals surface area contributed by atoms with Crippen molar-refractivity contribution < 1.29 is 19.1 Å². The molecule has 0 saturated heterocycles. The van der Waals surface area contributed by atoms with E-state index < -0.39 is 11.9 Å². The van der Waals surface area contributed by atoms with Gasteiger partial charge in [0.15, 0.2) is 10.9 Å². The molecule has 0 fully saturated rings. The van der Waals surface area contributed by atoms with Crippen LogP contribution in [-0.2, 0) is 0 Å². The van der Waals surface area contributed by atoms with Crippen molar-refractivity contribution in [1.29, 1.82) is 0 Å². The molecule has 2 aromatic rings. The molecule has 0 bridgehead atoms. The molecule has 108 valence electrons. The van der Waals surface area contributed by atoms with Crippen LogP contribution in [0.25, 0.3) is 0 Å². The second-order valence-electron chi connectivity index (χ2n) is 3.87. The number of rotatable bonds is 3. The summed E-state index contributed by atoms with van der Waals surface area (Å²) in [6.07, 6.45) is 1.36. The Bertz CT molecular complexity index is 700. The molecule has 0 aliphatic rings. The van der Waals surface area contributed by atoms with Gasteiger partial charge in [0.2, 0.25) is 0 Å². The third kappa shape index (κ3) is 3.80. The Morgan fingerprint density at radius 3 is 2.62 bits per heavy atom. The van der Waals surface area contributed by atoms with Gasteiger partial charge in [-0.05, 0) is 42.5 Å². The fourth-order valence-corrected chi connectivity index (χ4v) is 1.96. The third-order valence-corrected chi connectivity index (χ3v) is 2.94. The monoisotopic (exact) mass is 323 g/mol. The number of aromatic carboxylic acids is 1. The van der Waals surface area contributed by atoms with Crippen LogP contribution in [0.15, 0.2) is 41.0 Å². The molecular formula is C13H8ClN2O4S-. The zero-order chi connectivity index (χ0) is 15.4. The van der Waals surface area contributed by atoms with Crippen LogP contribution in [0.5, 0.6) is 0 Å². The number of hydrogen-bond acceptors (Lipinski definition) is 5. The molecule has 6 nitrogen and oxygen atoms in total. The lowest BCUT2D eigenvalue weighted by Crippen LogP contribution is -2.33. The molecule has 0 radical (unpaired) electrons. The third-order valence-electron chi connectivity index (χ3n) is 2.42. The number of anilines is 1. The maximum Gasteiger partial charge on any atom is 0.293 e. The average Bonchev–Trinajstić information content (AvgIpc) is 2.91. The number of carboxylic acid groups (broad SMARTS) is 1. The molecule has 0 atom stereocenters. The molecule has 0 unspecified atom stereocenters. The quantitative estimate of drug-likeness (QED) is 0.830. The van der Waals surface area contributed by atoms with Crippen molar-refractivity contribution in [2.45, 2.75) is 0 Å². The van der Waals surface area contributed by atoms with Crippen LogP contribution in [-0.4, -0.2) is 17.0 Å². The number of hydrogen-bond donors (Lipinski definition) is 2. The van der Waals surface area contributed by atoms with Crippen LogP contribution < -0.4 is 15.7 Å². The normalized spacial score (nSPS) is 9.95. The Balaban J connectivity index is 2.01. The van der Waals surface area contributed by atoms with Crippen LogP contribution in [0, 0.1) is 0 Å². The largest absolute Gasteiger partial charge is 0.545 e. The highest BCUT2D eigenvalue weighted by Gasteiger charge is 2.11. The Kier molecular flexibility index (Phi) is 4.56. The van der Waals surface area contributed by atoms with E-state index in [-0.39, 0.29) is 21.5 Å². The van der Waals surface area contributed by atoms with Gasteiger partial charge in [-0.2, -0.15) is 0 Å². The first-order chi connectivity index (χ1) is 9.97. The van der Waals surface area contributed by atoms with Gasteiger partial charge in [0.25, 0.3) is 5.91 Å². The van der Waals surface area contributed by atoms with Crippen molar-refractivity contribution in [2.75, 3.05) is 5.32 Å². The molecule has 1 aromatic carbocycles. The topological polar surface area (TPSA) is 94.4 Å². The van der Waals surface area contributed by atoms with E-state index in [0.717, 1.165) is 0 Å². The number of carbonyl (C=O) groups is 2. The maximum absolute atomic E-state index is 11.7. The number of thiocarbonyl (C=S) groups is 1. The van der Waals surface area contributed by atoms with E-state index in [1.807, 2.05) is 0 Å². The van der Waals surface area contributed by atoms with Gasteiger partial charge < -0.3 is 19.6 Å². The molecule has 2 N–H and O–H groups in total. The predicted molar refractivity (Wildman–Crippen MR) is 78.2 cm³/mol. The zero-order valence-corrected chi connectivity index (χ0v) is 12.0. The molecule has 1 heterocycles. The van der Waals surface area contributed by atoms with Crippen molar-refractivity contribution >= 4 is 46.5 Å². The number of carbonyl (C=O) groups excluding carboxylic acids is 2. The molecule has 0 aliphatic carbocycles. The SMILES string of the molecule is O=C(NC(=S)Nc1ccc(C(=O)[O-])c(Cl)c1)c1ccco1. The number of carboxylic acids is 1. The number of benzene rings is 1. The lowest BCUT2D eigenvalue weighted by molar-refractivity contribution is -0.255. The van der Waals surface area contributed by atoms with Crippen LogP contribution >= 0.6 is 23.8 Å². The van der Waals surface area contributed by atoms with Gasteiger partial charge in [0.05, 0.1) is 17.3 Å². The first-order valence-electron chi connectivity index (χ1n) is 5.64. The summed E-state index contributed by atoms with van der Waals surface area (Å²) in [6, 6.07) is 7.14. The highest BCUT2D eigenvalue weighted by molar-refractivity contribution is 7.80. The molecule has 8 heteroatoms. The van der Waals surface area contributed by atoms with Crippen LogP contribution in [0.1, 0.15) is 20.9 Å². The van der Waals surface area contributed by atoms with E-state index in [1.165, 1.54) is 30.5 Å². The molecule has 21 heavy (non-hydrogen) atoms. The van der Waals surface area contributed by atoms with Gasteiger partial charge in [0.1, 0.15) is 0 Å². The Morgan fingerprint density at radius 1 is 1.29 bits per heavy atom. The van der Waals surface area contributed by atoms with Crippen LogP contribution in [0.4, 0.5) is 5.69 Å². The molecular weight excluding hydrogens is 316 g/mol. The van der Waals surface area contributed by atoms with Crippen molar-refractivity contribution in [2.24, 2.45) is 0 Å². The second kappa shape index (κ2) is 6.38. The first-order valence-corrected chi connectivity index (χ1v) is 6.42. The van der Waals surface area contributed by atoms with E-state index in [1.54, 1.807) is 6.07 Å². The van der Waals surface area contributed by atoms with Gasteiger partial charge >= 0.3 is 0 Å². The van der Waals surface area contributed by atoms with Crippen molar-refractivity contribution in [3.05, 3.63) is 52.9 Å². The van der Waals surface area contributed by atoms with Crippen LogP contribution in [0.2, 0.25) is 5.02 Å². The van der Waals surface area contributed by atoms with Crippen molar-refractivity contribution in [1.82, 2.24) is 5.32 Å². The van der Waals surface area contributed by atoms with E-state index >= 15 is 0 Å². The van der Waals surface area contributed by atoms with Gasteiger partial charge in [-0.15, -0.1) is 0 Å². The van der Waals surface area contributed by atoms with E-state index in [9.17, 15) is 14.7 Å². The minimum absolute atomic E-state index is 0.000149. The fraction of sp³-hybridized carbons (Fsp3) is 0. The summed E-state index contributed by atoms with van der Waals surface area (Å²) in [5, 5.41) is 15.9. The van der Waals surface area contributed by atoms with Crippen LogP contribution in [0.3, 0.4) is 0 Å². The second-order valence-corrected chi connectivity index (χ2v) is 4.68. The van der Waals surface area contributed by atoms with Gasteiger partial charge in [-0.25, -0.2) is 0 Å². The number of halogens is 1. The summed E-state index contributed by atoms with van der Waals surface area (Å²) >= 11 is 10.7. The Morgan fingerprint density at radius 2 is 2.05 bits per heavy atom. The fourth-order valence-electron chi connectivity index (χ4n) is 1.49. The maximum atomic E-state index is 11.7. The number of nitrogens with one attached hydrogen (secondary N) is 2. The minimum atomic E-state index is -1.37. The molecule has 2 rings (SSSR count). The number of furan rings is 1. The van der Waals surface area contributed by atoms with Crippen molar-refractivity contribution in [3.63, 3.8) is 0 Å². The first kappa shape index (κ1) is 15.0. The molecule has 1 amide bonds. The molecule has 0 spiro atoms. The van der Waals surface area contributed by atoms with Gasteiger partial charge in [-0.1, -0.05) is 11.6 Å². The van der Waals surface area contributed by atoms with Gasteiger partial charge in [-0.3, -0.25) is 10.1 Å². The number of amides is 1. The highest BCUT2D eigenvalue weighted by Crippen LogP contribution is 2.20. The standard InChI is InChI=1S/C13H9ClN2O4S/c14-9-6-7(3-4-8(9)12(18)19)15-13(21)16-11(17)10-2-1-5-20-10/h1-6H,(H,18,19)(H2,15,16,17,21)/p-1. The van der Waals surface area contributed by atoms with Gasteiger partial charge in [0, 0.05) is 11.3 Å². The van der Waals surface area contributed by atoms with E-state index in [0.29, 0.717) is 5.69 Å². The summed E-state index contributed by atoms with van der Waals surface area (Å²) < 4.78 is 4.91. The smallest absolute Gasteiger partial charge is 0.293 e. The minimum Gasteiger partial charge on any atom is -0.545 e. The summed E-state index contributed by atoms with van der Waals surface area (Å²) in [5.41, 5.74) is 0.294. The van der Waals surface area contributed by atoms with Crippen molar-refractivity contribution in [3.8, 4) is 0 Å². The average molecular weight is 324 g/mol. The summed E-state index contributed by atoms with van der Waals surface area (Å²) in [5.74, 6) is -1.76. The summed E-state index contributed by atoms with van der Waals surface area (Å²) in [6.45, 7) is 0. The molecule has 0 aliphatic heterocycles. The van der Waals surface area contributed by atoms with E-state index in [4.69, 9.17) is 28.2 Å². The lowest BCUT2D eigenvalue weighted by Gasteiger charge is -2.11. The molecule has 0 saturated carbocycles. The summed E-state index contributed by atoms with van der Waals surface area (Å²) in [4.78, 5) is 22.4.